The fourth-order valence-corrected chi connectivity index (χ4v) is 1.45. The molecule has 0 aromatic carbocycles. The highest BCUT2D eigenvalue weighted by Gasteiger charge is 2.16. The molecule has 10 heavy (non-hydrogen) atoms. The molecule has 1 saturated heterocycles. The number of rotatable bonds is 3. The van der Waals surface area contributed by atoms with E-state index in [4.69, 9.17) is 4.74 Å². The van der Waals surface area contributed by atoms with Crippen LogP contribution in [0.5, 0.6) is 0 Å². The van der Waals surface area contributed by atoms with Gasteiger partial charge < -0.3 is 4.74 Å². The summed E-state index contributed by atoms with van der Waals surface area (Å²) in [5.74, 6) is 0.850. The fourth-order valence-electron chi connectivity index (χ4n) is 1.45. The summed E-state index contributed by atoms with van der Waals surface area (Å²) in [6.45, 7) is 5.56. The monoisotopic (exact) mass is 142 g/mol. The van der Waals surface area contributed by atoms with Gasteiger partial charge in [-0.1, -0.05) is 20.3 Å². The molecule has 2 atom stereocenters. The Morgan fingerprint density at radius 3 is 2.90 bits per heavy atom. The molecule has 0 N–H and O–H groups in total. The van der Waals surface area contributed by atoms with Crippen LogP contribution in [0.25, 0.3) is 0 Å². The number of ether oxygens (including phenoxy) is 1. The van der Waals surface area contributed by atoms with Crippen LogP contribution in [0.15, 0.2) is 0 Å². The summed E-state index contributed by atoms with van der Waals surface area (Å²) < 4.78 is 5.53. The van der Waals surface area contributed by atoms with E-state index in [0.717, 1.165) is 12.5 Å². The van der Waals surface area contributed by atoms with E-state index < -0.39 is 0 Å². The average molecular weight is 142 g/mol. The largest absolute Gasteiger partial charge is 0.378 e. The van der Waals surface area contributed by atoms with Crippen molar-refractivity contribution in [3.05, 3.63) is 0 Å². The van der Waals surface area contributed by atoms with E-state index in [2.05, 4.69) is 13.8 Å². The van der Waals surface area contributed by atoms with Crippen molar-refractivity contribution >= 4 is 0 Å². The third-order valence-corrected chi connectivity index (χ3v) is 2.39. The van der Waals surface area contributed by atoms with Gasteiger partial charge in [0.1, 0.15) is 0 Å². The van der Waals surface area contributed by atoms with Crippen LogP contribution in [-0.4, -0.2) is 12.7 Å². The first-order valence-electron chi connectivity index (χ1n) is 4.44. The Morgan fingerprint density at radius 2 is 2.40 bits per heavy atom. The van der Waals surface area contributed by atoms with E-state index in [1.807, 2.05) is 0 Å². The first-order valence-corrected chi connectivity index (χ1v) is 4.44. The van der Waals surface area contributed by atoms with Crippen LogP contribution in [0, 0.1) is 5.92 Å². The molecule has 1 nitrogen and oxygen atoms in total. The highest BCUT2D eigenvalue weighted by molar-refractivity contribution is 4.67. The molecule has 1 fully saturated rings. The molecular weight excluding hydrogens is 124 g/mol. The van der Waals surface area contributed by atoms with Crippen molar-refractivity contribution < 1.29 is 4.74 Å². The number of hydrogen-bond donors (Lipinski definition) is 0. The molecule has 0 radical (unpaired) electrons. The quantitative estimate of drug-likeness (QED) is 0.588. The Hall–Kier alpha value is -0.0400. The Kier molecular flexibility index (Phi) is 3.20. The van der Waals surface area contributed by atoms with Gasteiger partial charge in [-0.3, -0.25) is 0 Å². The molecule has 2 unspecified atom stereocenters. The summed E-state index contributed by atoms with van der Waals surface area (Å²) in [6.07, 6.45) is 5.73. The van der Waals surface area contributed by atoms with Crippen LogP contribution >= 0.6 is 0 Å². The van der Waals surface area contributed by atoms with Crippen molar-refractivity contribution in [2.45, 2.75) is 45.6 Å². The molecule has 60 valence electrons. The van der Waals surface area contributed by atoms with Crippen LogP contribution in [-0.2, 0) is 4.74 Å². The van der Waals surface area contributed by atoms with Gasteiger partial charge in [-0.05, 0) is 25.2 Å². The summed E-state index contributed by atoms with van der Waals surface area (Å²) >= 11 is 0. The maximum absolute atomic E-state index is 5.53. The Bertz CT molecular complexity index is 84.7. The van der Waals surface area contributed by atoms with E-state index >= 15 is 0 Å². The first-order chi connectivity index (χ1) is 4.83. The van der Waals surface area contributed by atoms with Gasteiger partial charge in [0.05, 0.1) is 6.10 Å². The van der Waals surface area contributed by atoms with Crippen molar-refractivity contribution in [3.63, 3.8) is 0 Å². The van der Waals surface area contributed by atoms with Crippen LogP contribution in [0.1, 0.15) is 39.5 Å². The zero-order valence-electron chi connectivity index (χ0n) is 7.10. The Labute approximate surface area is 63.8 Å². The summed E-state index contributed by atoms with van der Waals surface area (Å²) in [4.78, 5) is 0. The molecule has 0 spiro atoms. The lowest BCUT2D eigenvalue weighted by molar-refractivity contribution is 0.0913. The fraction of sp³-hybridized carbons (Fsp3) is 1.00. The Morgan fingerprint density at radius 1 is 1.60 bits per heavy atom. The predicted octanol–water partition coefficient (Wildman–Crippen LogP) is 2.60. The van der Waals surface area contributed by atoms with Crippen LogP contribution in [0.3, 0.4) is 0 Å². The predicted molar refractivity (Wildman–Crippen MR) is 43.0 cm³/mol. The summed E-state index contributed by atoms with van der Waals surface area (Å²) in [6, 6.07) is 0. The molecule has 1 heterocycles. The standard InChI is InChI=1S/C9H18O/c1-3-8(2)7-9-5-4-6-10-9/h8-9H,3-7H2,1-2H3. The van der Waals surface area contributed by atoms with Gasteiger partial charge in [0.2, 0.25) is 0 Å². The molecule has 0 saturated carbocycles. The van der Waals surface area contributed by atoms with Gasteiger partial charge in [0.15, 0.2) is 0 Å². The molecule has 0 bridgehead atoms. The smallest absolute Gasteiger partial charge is 0.0578 e. The first kappa shape index (κ1) is 8.06. The third-order valence-electron chi connectivity index (χ3n) is 2.39. The second-order valence-corrected chi connectivity index (χ2v) is 3.38. The van der Waals surface area contributed by atoms with E-state index in [-0.39, 0.29) is 0 Å². The topological polar surface area (TPSA) is 9.23 Å². The highest BCUT2D eigenvalue weighted by atomic mass is 16.5. The zero-order chi connectivity index (χ0) is 7.40. The van der Waals surface area contributed by atoms with Crippen LogP contribution in [0.2, 0.25) is 0 Å². The SMILES string of the molecule is CCC(C)CC1CCCO1. The second kappa shape index (κ2) is 3.97. The maximum Gasteiger partial charge on any atom is 0.0578 e. The third kappa shape index (κ3) is 2.30. The van der Waals surface area contributed by atoms with Crippen LogP contribution in [0.4, 0.5) is 0 Å². The van der Waals surface area contributed by atoms with Crippen molar-refractivity contribution in [1.29, 1.82) is 0 Å². The lowest BCUT2D eigenvalue weighted by atomic mass is 10.00. The molecular formula is C9H18O. The van der Waals surface area contributed by atoms with Gasteiger partial charge in [-0.25, -0.2) is 0 Å². The normalized spacial score (nSPS) is 28.8. The summed E-state index contributed by atoms with van der Waals surface area (Å²) in [7, 11) is 0. The molecule has 0 aliphatic carbocycles. The minimum absolute atomic E-state index is 0.593. The molecule has 1 heteroatoms. The molecule has 0 amide bonds. The molecule has 0 aromatic heterocycles. The average Bonchev–Trinajstić information content (AvgIpc) is 2.40. The molecule has 0 aromatic rings. The molecule has 1 rings (SSSR count). The minimum Gasteiger partial charge on any atom is -0.378 e. The Balaban J connectivity index is 2.11. The van der Waals surface area contributed by atoms with Crippen molar-refractivity contribution in [3.8, 4) is 0 Å². The van der Waals surface area contributed by atoms with E-state index in [1.54, 1.807) is 0 Å². The van der Waals surface area contributed by atoms with E-state index in [9.17, 15) is 0 Å². The van der Waals surface area contributed by atoms with Gasteiger partial charge in [0.25, 0.3) is 0 Å². The second-order valence-electron chi connectivity index (χ2n) is 3.38. The zero-order valence-corrected chi connectivity index (χ0v) is 7.10. The van der Waals surface area contributed by atoms with Crippen molar-refractivity contribution in [1.82, 2.24) is 0 Å². The lowest BCUT2D eigenvalue weighted by Gasteiger charge is -2.13. The number of hydrogen-bond acceptors (Lipinski definition) is 1. The van der Waals surface area contributed by atoms with Gasteiger partial charge in [-0.15, -0.1) is 0 Å². The lowest BCUT2D eigenvalue weighted by Crippen LogP contribution is -2.09. The molecule has 1 aliphatic heterocycles. The summed E-state index contributed by atoms with van der Waals surface area (Å²) in [5, 5.41) is 0. The van der Waals surface area contributed by atoms with Crippen LogP contribution < -0.4 is 0 Å². The van der Waals surface area contributed by atoms with E-state index in [1.165, 1.54) is 25.7 Å². The van der Waals surface area contributed by atoms with Gasteiger partial charge in [-0.2, -0.15) is 0 Å². The maximum atomic E-state index is 5.53. The van der Waals surface area contributed by atoms with Crippen molar-refractivity contribution in [2.75, 3.05) is 6.61 Å². The summed E-state index contributed by atoms with van der Waals surface area (Å²) in [5.41, 5.74) is 0. The highest BCUT2D eigenvalue weighted by Crippen LogP contribution is 2.20. The van der Waals surface area contributed by atoms with Crippen molar-refractivity contribution in [2.24, 2.45) is 5.92 Å². The molecule has 1 aliphatic rings. The van der Waals surface area contributed by atoms with Gasteiger partial charge >= 0.3 is 0 Å². The minimum atomic E-state index is 0.593. The van der Waals surface area contributed by atoms with Gasteiger partial charge in [0, 0.05) is 6.61 Å². The van der Waals surface area contributed by atoms with E-state index in [0.29, 0.717) is 6.10 Å².